The van der Waals surface area contributed by atoms with Crippen LogP contribution in [-0.4, -0.2) is 0 Å². The van der Waals surface area contributed by atoms with Crippen LogP contribution in [0.2, 0.25) is 0 Å². The van der Waals surface area contributed by atoms with Gasteiger partial charge in [0, 0.05) is 20.2 Å². The van der Waals surface area contributed by atoms with Gasteiger partial charge in [-0.15, -0.1) is 11.3 Å². The van der Waals surface area contributed by atoms with Crippen molar-refractivity contribution in [2.75, 3.05) is 0 Å². The molecule has 0 N–H and O–H groups in total. The molecule has 0 bridgehead atoms. The van der Waals surface area contributed by atoms with Crippen LogP contribution in [0, 0.1) is 0 Å². The predicted octanol–water partition coefficient (Wildman–Crippen LogP) is 14.8. The predicted molar refractivity (Wildman–Crippen MR) is 223 cm³/mol. The number of benzene rings is 10. The summed E-state index contributed by atoms with van der Waals surface area (Å²) in [5.74, 6) is 0. The molecule has 1 heterocycles. The lowest BCUT2D eigenvalue weighted by Crippen LogP contribution is -1.91. The lowest BCUT2D eigenvalue weighted by molar-refractivity contribution is 1.61. The molecular weight excluding hydrogens is 633 g/mol. The molecule has 0 amide bonds. The van der Waals surface area contributed by atoms with Crippen LogP contribution < -0.4 is 0 Å². The highest BCUT2D eigenvalue weighted by atomic mass is 32.1. The zero-order chi connectivity index (χ0) is 33.5. The van der Waals surface area contributed by atoms with Crippen LogP contribution in [0.25, 0.3) is 107 Å². The molecule has 11 aromatic rings. The molecule has 0 radical (unpaired) electrons. The van der Waals surface area contributed by atoms with Crippen LogP contribution >= 0.6 is 11.3 Å². The molecule has 0 saturated heterocycles. The zero-order valence-corrected chi connectivity index (χ0v) is 28.5. The van der Waals surface area contributed by atoms with Crippen molar-refractivity contribution in [3.8, 4) is 33.4 Å². The molecule has 0 spiro atoms. The van der Waals surface area contributed by atoms with Crippen molar-refractivity contribution in [2.45, 2.75) is 0 Å². The lowest BCUT2D eigenvalue weighted by atomic mass is 9.84. The van der Waals surface area contributed by atoms with E-state index >= 15 is 0 Å². The molecule has 10 aromatic carbocycles. The number of thiophene rings is 1. The topological polar surface area (TPSA) is 0 Å². The number of rotatable bonds is 3. The molecule has 0 aliphatic carbocycles. The van der Waals surface area contributed by atoms with Crippen LogP contribution in [0.4, 0.5) is 0 Å². The first kappa shape index (κ1) is 28.5. The van der Waals surface area contributed by atoms with Crippen LogP contribution in [0.3, 0.4) is 0 Å². The third-order valence-electron chi connectivity index (χ3n) is 10.8. The molecule has 0 aliphatic rings. The fourth-order valence-corrected chi connectivity index (χ4v) is 9.66. The third-order valence-corrected chi connectivity index (χ3v) is 12.0. The maximum atomic E-state index is 2.45. The highest BCUT2D eigenvalue weighted by molar-refractivity contribution is 7.25. The molecule has 0 unspecified atom stereocenters. The van der Waals surface area contributed by atoms with E-state index in [-0.39, 0.29) is 0 Å². The van der Waals surface area contributed by atoms with Gasteiger partial charge in [-0.2, -0.15) is 0 Å². The summed E-state index contributed by atoms with van der Waals surface area (Å²) in [7, 11) is 0. The Balaban J connectivity index is 1.18. The minimum Gasteiger partial charge on any atom is -0.135 e. The Bertz CT molecular complexity index is 3110. The van der Waals surface area contributed by atoms with Gasteiger partial charge in [0.2, 0.25) is 0 Å². The van der Waals surface area contributed by atoms with Crippen molar-refractivity contribution in [1.29, 1.82) is 0 Å². The Morgan fingerprint density at radius 2 is 0.647 bits per heavy atom. The average molecular weight is 663 g/mol. The van der Waals surface area contributed by atoms with Gasteiger partial charge in [-0.3, -0.25) is 0 Å². The number of fused-ring (bicyclic) bond motifs is 11. The summed E-state index contributed by atoms with van der Waals surface area (Å²) in [4.78, 5) is 0. The van der Waals surface area contributed by atoms with Gasteiger partial charge < -0.3 is 0 Å². The van der Waals surface area contributed by atoms with E-state index in [4.69, 9.17) is 0 Å². The van der Waals surface area contributed by atoms with E-state index in [0.29, 0.717) is 0 Å². The van der Waals surface area contributed by atoms with E-state index < -0.39 is 0 Å². The first-order valence-electron chi connectivity index (χ1n) is 17.6. The molecule has 1 aromatic heterocycles. The van der Waals surface area contributed by atoms with Gasteiger partial charge in [0.15, 0.2) is 0 Å². The van der Waals surface area contributed by atoms with Crippen molar-refractivity contribution in [1.82, 2.24) is 0 Å². The van der Waals surface area contributed by atoms with E-state index in [0.717, 1.165) is 0 Å². The van der Waals surface area contributed by atoms with Crippen molar-refractivity contribution >= 4 is 85.4 Å². The van der Waals surface area contributed by atoms with Gasteiger partial charge in [-0.05, 0) is 112 Å². The fourth-order valence-electron chi connectivity index (χ4n) is 8.54. The van der Waals surface area contributed by atoms with Gasteiger partial charge in [0.1, 0.15) is 0 Å². The summed E-state index contributed by atoms with van der Waals surface area (Å²) in [6, 6.07) is 67.5. The number of hydrogen-bond acceptors (Lipinski definition) is 1. The number of hydrogen-bond donors (Lipinski definition) is 0. The Morgan fingerprint density at radius 1 is 0.216 bits per heavy atom. The SMILES string of the molecule is c1ccc(-c2ccc(-c3c4ccccc4c(-c4ccc5c(c4)c4ccccc4c4cc6c(cc54)sc4ccccc46)c4ccccc34)cc2)cc1. The standard InChI is InChI=1S/C50H30S/c1-2-12-31(13-3-1)32-22-24-33(25-23-32)49-39-17-6-8-19-41(39)50(42-20-9-7-18-40(42)49)34-26-27-37-43(28-34)35-14-4-5-15-36(35)44-29-46-38-16-10-11-21-47(38)51-48(46)30-45(37)44/h1-30H. The fraction of sp³-hybridized carbons (Fsp3) is 0. The summed E-state index contributed by atoms with van der Waals surface area (Å²) in [6.45, 7) is 0. The maximum absolute atomic E-state index is 2.45. The smallest absolute Gasteiger partial charge is 0.0362 e. The average Bonchev–Trinajstić information content (AvgIpc) is 3.57. The summed E-state index contributed by atoms with van der Waals surface area (Å²) in [6.07, 6.45) is 0. The molecule has 0 nitrogen and oxygen atoms in total. The molecular formula is C50H30S. The summed E-state index contributed by atoms with van der Waals surface area (Å²) < 4.78 is 2.68. The highest BCUT2D eigenvalue weighted by Gasteiger charge is 2.18. The van der Waals surface area contributed by atoms with E-state index in [2.05, 4.69) is 182 Å². The third kappa shape index (κ3) is 4.32. The Hall–Kier alpha value is -6.28. The van der Waals surface area contributed by atoms with Crippen LogP contribution in [0.1, 0.15) is 0 Å². The molecule has 51 heavy (non-hydrogen) atoms. The van der Waals surface area contributed by atoms with Crippen molar-refractivity contribution < 1.29 is 0 Å². The van der Waals surface area contributed by atoms with Gasteiger partial charge in [0.05, 0.1) is 0 Å². The van der Waals surface area contributed by atoms with Crippen molar-refractivity contribution in [2.24, 2.45) is 0 Å². The van der Waals surface area contributed by atoms with Gasteiger partial charge >= 0.3 is 0 Å². The quantitative estimate of drug-likeness (QED) is 0.130. The largest absolute Gasteiger partial charge is 0.135 e. The minimum atomic E-state index is 1.23. The molecule has 0 fully saturated rings. The molecule has 11 rings (SSSR count). The summed E-state index contributed by atoms with van der Waals surface area (Å²) in [5, 5.41) is 15.6. The summed E-state index contributed by atoms with van der Waals surface area (Å²) in [5.41, 5.74) is 7.52. The molecule has 0 atom stereocenters. The Labute approximate surface area is 299 Å². The second-order valence-corrected chi connectivity index (χ2v) is 14.7. The van der Waals surface area contributed by atoms with Crippen molar-refractivity contribution in [3.63, 3.8) is 0 Å². The molecule has 0 saturated carbocycles. The van der Waals surface area contributed by atoms with E-state index in [9.17, 15) is 0 Å². The first-order chi connectivity index (χ1) is 25.3. The van der Waals surface area contributed by atoms with Gasteiger partial charge in [0.25, 0.3) is 0 Å². The second-order valence-electron chi connectivity index (χ2n) is 13.6. The molecule has 0 aliphatic heterocycles. The Kier molecular flexibility index (Phi) is 6.22. The lowest BCUT2D eigenvalue weighted by Gasteiger charge is -2.19. The highest BCUT2D eigenvalue weighted by Crippen LogP contribution is 2.46. The molecule has 1 heteroatoms. The van der Waals surface area contributed by atoms with Gasteiger partial charge in [-0.1, -0.05) is 158 Å². The van der Waals surface area contributed by atoms with Crippen LogP contribution in [0.15, 0.2) is 182 Å². The van der Waals surface area contributed by atoms with Gasteiger partial charge in [-0.25, -0.2) is 0 Å². The minimum absolute atomic E-state index is 1.23. The van der Waals surface area contributed by atoms with E-state index in [1.807, 2.05) is 11.3 Å². The maximum Gasteiger partial charge on any atom is 0.0362 e. The van der Waals surface area contributed by atoms with E-state index in [1.165, 1.54) is 107 Å². The summed E-state index contributed by atoms with van der Waals surface area (Å²) >= 11 is 1.89. The molecule has 236 valence electrons. The van der Waals surface area contributed by atoms with Crippen LogP contribution in [0.5, 0.6) is 0 Å². The monoisotopic (exact) mass is 662 g/mol. The van der Waals surface area contributed by atoms with Crippen LogP contribution in [-0.2, 0) is 0 Å². The van der Waals surface area contributed by atoms with Crippen molar-refractivity contribution in [3.05, 3.63) is 182 Å². The first-order valence-corrected chi connectivity index (χ1v) is 18.4. The Morgan fingerprint density at radius 3 is 1.29 bits per heavy atom. The normalized spacial score (nSPS) is 11.9. The zero-order valence-electron chi connectivity index (χ0n) is 27.7. The second kappa shape index (κ2) is 11.1. The van der Waals surface area contributed by atoms with E-state index in [1.54, 1.807) is 0 Å².